The third-order valence-electron chi connectivity index (χ3n) is 3.37. The van der Waals surface area contributed by atoms with Crippen LogP contribution in [0, 0.1) is 0 Å². The van der Waals surface area contributed by atoms with Gasteiger partial charge in [-0.3, -0.25) is 4.79 Å². The summed E-state index contributed by atoms with van der Waals surface area (Å²) < 4.78 is 5.66. The summed E-state index contributed by atoms with van der Waals surface area (Å²) in [5.74, 6) is 0.989. The topological polar surface area (TPSA) is 46.5 Å². The molecular weight excluding hydrogens is 204 g/mol. The summed E-state index contributed by atoms with van der Waals surface area (Å²) in [5.41, 5.74) is 1.61. The van der Waals surface area contributed by atoms with Gasteiger partial charge in [-0.1, -0.05) is 18.2 Å². The average molecular weight is 216 g/mol. The molecule has 1 N–H and O–H groups in total. The minimum atomic E-state index is -0.351. The Morgan fingerprint density at radius 2 is 2.19 bits per heavy atom. The number of benzene rings is 1. The van der Waals surface area contributed by atoms with Crippen LogP contribution in [-0.4, -0.2) is 17.0 Å². The second-order valence-electron chi connectivity index (χ2n) is 4.31. The van der Waals surface area contributed by atoms with E-state index < -0.39 is 0 Å². The summed E-state index contributed by atoms with van der Waals surface area (Å²) in [6.07, 6.45) is 0.236. The van der Waals surface area contributed by atoms with Crippen LogP contribution in [0.5, 0.6) is 5.75 Å². The van der Waals surface area contributed by atoms with E-state index >= 15 is 0 Å². The molecule has 0 saturated carbocycles. The summed E-state index contributed by atoms with van der Waals surface area (Å²) in [6, 6.07) is 7.75. The fourth-order valence-electron chi connectivity index (χ4n) is 2.56. The molecule has 0 spiro atoms. The Hall–Kier alpha value is -1.77. The van der Waals surface area contributed by atoms with Crippen LogP contribution < -0.4 is 4.74 Å². The Morgan fingerprint density at radius 1 is 1.44 bits per heavy atom. The third-order valence-corrected chi connectivity index (χ3v) is 3.37. The predicted octanol–water partition coefficient (Wildman–Crippen LogP) is 2.34. The molecule has 3 nitrogen and oxygen atoms in total. The van der Waals surface area contributed by atoms with Crippen LogP contribution in [0.1, 0.15) is 24.8 Å². The van der Waals surface area contributed by atoms with Crippen molar-refractivity contribution in [1.29, 1.82) is 0 Å². The number of fused-ring (bicyclic) bond motifs is 3. The van der Waals surface area contributed by atoms with Crippen molar-refractivity contribution in [3.8, 4) is 5.75 Å². The highest BCUT2D eigenvalue weighted by Gasteiger charge is 2.44. The third kappa shape index (κ3) is 1.11. The van der Waals surface area contributed by atoms with Gasteiger partial charge in [-0.05, 0) is 19.4 Å². The number of para-hydroxylation sites is 1. The molecule has 0 bridgehead atoms. The van der Waals surface area contributed by atoms with Crippen LogP contribution in [0.15, 0.2) is 35.6 Å². The standard InChI is InChI=1S/C13H12O3/c1-7(14)9-6-10-8-4-2-3-5-11(8)16-13(10)12(9)15/h2-5,10,13,15H,6H2,1H3/t10-,13+/m1/s1. The quantitative estimate of drug-likeness (QED) is 0.783. The zero-order valence-electron chi connectivity index (χ0n) is 8.93. The number of ketones is 1. The average Bonchev–Trinajstić information content (AvgIpc) is 2.76. The minimum Gasteiger partial charge on any atom is -0.508 e. The second-order valence-corrected chi connectivity index (χ2v) is 4.31. The Bertz CT molecular complexity index is 502. The number of rotatable bonds is 1. The zero-order valence-corrected chi connectivity index (χ0v) is 8.93. The van der Waals surface area contributed by atoms with E-state index in [-0.39, 0.29) is 23.6 Å². The van der Waals surface area contributed by atoms with Crippen molar-refractivity contribution in [2.75, 3.05) is 0 Å². The summed E-state index contributed by atoms with van der Waals surface area (Å²) in [6.45, 7) is 1.48. The van der Waals surface area contributed by atoms with Crippen molar-refractivity contribution < 1.29 is 14.6 Å². The number of hydrogen-bond acceptors (Lipinski definition) is 3. The minimum absolute atomic E-state index is 0.0621. The van der Waals surface area contributed by atoms with Gasteiger partial charge in [-0.25, -0.2) is 0 Å². The maximum Gasteiger partial charge on any atom is 0.163 e. The first kappa shape index (κ1) is 9.46. The largest absolute Gasteiger partial charge is 0.508 e. The monoisotopic (exact) mass is 216 g/mol. The molecule has 0 fully saturated rings. The summed E-state index contributed by atoms with van der Waals surface area (Å²) in [7, 11) is 0. The normalized spacial score (nSPS) is 26.3. The molecule has 0 radical (unpaired) electrons. The highest BCUT2D eigenvalue weighted by Crippen LogP contribution is 2.48. The van der Waals surface area contributed by atoms with E-state index in [1.54, 1.807) is 0 Å². The molecule has 2 aliphatic rings. The van der Waals surface area contributed by atoms with Crippen molar-refractivity contribution in [3.63, 3.8) is 0 Å². The maximum atomic E-state index is 11.3. The van der Waals surface area contributed by atoms with E-state index in [0.29, 0.717) is 12.0 Å². The molecule has 1 aromatic rings. The van der Waals surface area contributed by atoms with Crippen molar-refractivity contribution >= 4 is 5.78 Å². The Morgan fingerprint density at radius 3 is 2.94 bits per heavy atom. The molecule has 1 heterocycles. The number of allylic oxidation sites excluding steroid dienone is 1. The molecule has 82 valence electrons. The lowest BCUT2D eigenvalue weighted by Crippen LogP contribution is -2.16. The molecule has 1 aromatic carbocycles. The van der Waals surface area contributed by atoms with Crippen molar-refractivity contribution in [3.05, 3.63) is 41.2 Å². The lowest BCUT2D eigenvalue weighted by Gasteiger charge is -2.09. The van der Waals surface area contributed by atoms with Crippen molar-refractivity contribution in [1.82, 2.24) is 0 Å². The van der Waals surface area contributed by atoms with E-state index in [4.69, 9.17) is 4.74 Å². The Balaban J connectivity index is 2.02. The fraction of sp³-hybridized carbons (Fsp3) is 0.308. The molecule has 3 rings (SSSR count). The second kappa shape index (κ2) is 3.11. The Kier molecular flexibility index (Phi) is 1.84. The molecule has 3 heteroatoms. The number of hydrogen-bond donors (Lipinski definition) is 1. The summed E-state index contributed by atoms with van der Waals surface area (Å²) in [5, 5.41) is 9.94. The van der Waals surface area contributed by atoms with Gasteiger partial charge < -0.3 is 9.84 Å². The van der Waals surface area contributed by atoms with E-state index in [9.17, 15) is 9.90 Å². The number of carbonyl (C=O) groups excluding carboxylic acids is 1. The first-order valence-electron chi connectivity index (χ1n) is 5.37. The molecule has 0 amide bonds. The summed E-state index contributed by atoms with van der Waals surface area (Å²) >= 11 is 0. The van der Waals surface area contributed by atoms with Gasteiger partial charge in [0.05, 0.1) is 0 Å². The first-order valence-corrected chi connectivity index (χ1v) is 5.37. The van der Waals surface area contributed by atoms with Crippen LogP contribution in [0.25, 0.3) is 0 Å². The van der Waals surface area contributed by atoms with Gasteiger partial charge in [-0.2, -0.15) is 0 Å². The van der Waals surface area contributed by atoms with Crippen LogP contribution in [0.2, 0.25) is 0 Å². The zero-order chi connectivity index (χ0) is 11.3. The molecular formula is C13H12O3. The summed E-state index contributed by atoms with van der Waals surface area (Å²) in [4.78, 5) is 11.3. The highest BCUT2D eigenvalue weighted by molar-refractivity contribution is 5.94. The molecule has 1 aliphatic carbocycles. The smallest absolute Gasteiger partial charge is 0.163 e. The molecule has 1 aliphatic heterocycles. The van der Waals surface area contributed by atoms with Gasteiger partial charge in [0.2, 0.25) is 0 Å². The van der Waals surface area contributed by atoms with E-state index in [2.05, 4.69) is 0 Å². The van der Waals surface area contributed by atoms with E-state index in [1.807, 2.05) is 24.3 Å². The van der Waals surface area contributed by atoms with Crippen LogP contribution in [0.3, 0.4) is 0 Å². The lowest BCUT2D eigenvalue weighted by atomic mass is 9.95. The Labute approximate surface area is 93.4 Å². The van der Waals surface area contributed by atoms with Gasteiger partial charge in [0, 0.05) is 17.1 Å². The number of Topliss-reactive ketones (excluding diaryl/α,β-unsaturated/α-hetero) is 1. The van der Waals surface area contributed by atoms with Crippen LogP contribution in [-0.2, 0) is 4.79 Å². The van der Waals surface area contributed by atoms with Gasteiger partial charge in [-0.15, -0.1) is 0 Å². The molecule has 0 saturated heterocycles. The fourth-order valence-corrected chi connectivity index (χ4v) is 2.56. The number of aliphatic hydroxyl groups is 1. The number of ether oxygens (including phenoxy) is 1. The van der Waals surface area contributed by atoms with E-state index in [0.717, 1.165) is 11.3 Å². The van der Waals surface area contributed by atoms with Crippen LogP contribution >= 0.6 is 0 Å². The first-order chi connectivity index (χ1) is 7.68. The SMILES string of the molecule is CC(=O)C1=C(O)[C@H]2Oc3ccccc3[C@H]2C1. The molecule has 0 aromatic heterocycles. The molecule has 16 heavy (non-hydrogen) atoms. The van der Waals surface area contributed by atoms with Crippen molar-refractivity contribution in [2.45, 2.75) is 25.4 Å². The van der Waals surface area contributed by atoms with Gasteiger partial charge in [0.25, 0.3) is 0 Å². The van der Waals surface area contributed by atoms with E-state index in [1.165, 1.54) is 6.92 Å². The van der Waals surface area contributed by atoms with Crippen LogP contribution in [0.4, 0.5) is 0 Å². The highest BCUT2D eigenvalue weighted by atomic mass is 16.5. The predicted molar refractivity (Wildman–Crippen MR) is 58.6 cm³/mol. The van der Waals surface area contributed by atoms with Crippen molar-refractivity contribution in [2.24, 2.45) is 0 Å². The number of aliphatic hydroxyl groups excluding tert-OH is 1. The maximum absolute atomic E-state index is 11.3. The van der Waals surface area contributed by atoms with Gasteiger partial charge >= 0.3 is 0 Å². The lowest BCUT2D eigenvalue weighted by molar-refractivity contribution is -0.113. The molecule has 0 unspecified atom stereocenters. The van der Waals surface area contributed by atoms with Gasteiger partial charge in [0.15, 0.2) is 11.9 Å². The van der Waals surface area contributed by atoms with Gasteiger partial charge in [0.1, 0.15) is 11.5 Å². The number of carbonyl (C=O) groups is 1. The molecule has 2 atom stereocenters.